The Bertz CT molecular complexity index is 479. The van der Waals surface area contributed by atoms with Gasteiger partial charge in [0.2, 0.25) is 0 Å². The minimum Gasteiger partial charge on any atom is -0.497 e. The molecule has 0 bridgehead atoms. The Balaban J connectivity index is 2.37. The monoisotopic (exact) mass is 291 g/mol. The van der Waals surface area contributed by atoms with Crippen LogP contribution in [0, 0.1) is 5.92 Å². The maximum atomic E-state index is 12.4. The summed E-state index contributed by atoms with van der Waals surface area (Å²) in [4.78, 5) is 12.4. The zero-order valence-corrected chi connectivity index (χ0v) is 12.9. The van der Waals surface area contributed by atoms with E-state index in [4.69, 9.17) is 15.2 Å². The van der Waals surface area contributed by atoms with E-state index in [1.807, 2.05) is 12.1 Å². The Labute approximate surface area is 126 Å². The largest absolute Gasteiger partial charge is 0.497 e. The van der Waals surface area contributed by atoms with Gasteiger partial charge in [0.1, 0.15) is 5.75 Å². The SMILES string of the molecule is COC(=O)C(c1cc(OC)ccc1N)C1CCCCCC1. The molecule has 0 spiro atoms. The molecule has 0 heterocycles. The number of hydrogen-bond acceptors (Lipinski definition) is 4. The van der Waals surface area contributed by atoms with Gasteiger partial charge in [-0.15, -0.1) is 0 Å². The van der Waals surface area contributed by atoms with Crippen molar-refractivity contribution in [3.05, 3.63) is 23.8 Å². The maximum Gasteiger partial charge on any atom is 0.313 e. The van der Waals surface area contributed by atoms with E-state index in [1.165, 1.54) is 32.8 Å². The normalized spacial score (nSPS) is 17.8. The van der Waals surface area contributed by atoms with Gasteiger partial charge in [-0.05, 0) is 42.5 Å². The fraction of sp³-hybridized carbons (Fsp3) is 0.588. The molecule has 1 fully saturated rings. The van der Waals surface area contributed by atoms with Crippen molar-refractivity contribution in [3.63, 3.8) is 0 Å². The van der Waals surface area contributed by atoms with Crippen LogP contribution in [0.1, 0.15) is 50.0 Å². The number of rotatable bonds is 4. The smallest absolute Gasteiger partial charge is 0.313 e. The van der Waals surface area contributed by atoms with E-state index in [0.717, 1.165) is 24.2 Å². The molecule has 2 rings (SSSR count). The first kappa shape index (κ1) is 15.7. The Morgan fingerprint density at radius 1 is 1.19 bits per heavy atom. The van der Waals surface area contributed by atoms with Gasteiger partial charge in [0.05, 0.1) is 20.1 Å². The molecule has 0 amide bonds. The molecule has 1 unspecified atom stereocenters. The second-order valence-electron chi connectivity index (χ2n) is 5.75. The van der Waals surface area contributed by atoms with E-state index >= 15 is 0 Å². The van der Waals surface area contributed by atoms with Crippen molar-refractivity contribution in [2.24, 2.45) is 5.92 Å². The summed E-state index contributed by atoms with van der Waals surface area (Å²) in [5, 5.41) is 0. The first-order chi connectivity index (χ1) is 10.2. The number of nitrogens with two attached hydrogens (primary N) is 1. The number of esters is 1. The van der Waals surface area contributed by atoms with Crippen molar-refractivity contribution in [3.8, 4) is 5.75 Å². The summed E-state index contributed by atoms with van der Waals surface area (Å²) in [5.74, 6) is 0.543. The van der Waals surface area contributed by atoms with Gasteiger partial charge in [0.25, 0.3) is 0 Å². The van der Waals surface area contributed by atoms with Gasteiger partial charge in [0.15, 0.2) is 0 Å². The van der Waals surface area contributed by atoms with E-state index in [0.29, 0.717) is 11.6 Å². The van der Waals surface area contributed by atoms with Crippen LogP contribution in [0.4, 0.5) is 5.69 Å². The Morgan fingerprint density at radius 3 is 2.43 bits per heavy atom. The zero-order chi connectivity index (χ0) is 15.2. The van der Waals surface area contributed by atoms with Crippen LogP contribution in [0.2, 0.25) is 0 Å². The number of nitrogen functional groups attached to an aromatic ring is 1. The molecule has 0 saturated heterocycles. The number of benzene rings is 1. The average Bonchev–Trinajstić information content (AvgIpc) is 2.78. The third-order valence-electron chi connectivity index (χ3n) is 4.46. The molecule has 1 aromatic carbocycles. The van der Waals surface area contributed by atoms with Crippen LogP contribution in [-0.2, 0) is 9.53 Å². The lowest BCUT2D eigenvalue weighted by Crippen LogP contribution is -2.24. The second-order valence-corrected chi connectivity index (χ2v) is 5.75. The van der Waals surface area contributed by atoms with Gasteiger partial charge in [-0.25, -0.2) is 0 Å². The summed E-state index contributed by atoms with van der Waals surface area (Å²) in [7, 11) is 3.07. The predicted octanol–water partition coefficient (Wildman–Crippen LogP) is 3.50. The highest BCUT2D eigenvalue weighted by Gasteiger charge is 2.32. The molecule has 4 nitrogen and oxygen atoms in total. The number of methoxy groups -OCH3 is 2. The third kappa shape index (κ3) is 3.69. The molecule has 1 atom stereocenters. The molecule has 0 radical (unpaired) electrons. The van der Waals surface area contributed by atoms with Crippen LogP contribution >= 0.6 is 0 Å². The Kier molecular flexibility index (Phi) is 5.48. The summed E-state index contributed by atoms with van der Waals surface area (Å²) in [6.45, 7) is 0. The molecule has 1 aromatic rings. The minimum atomic E-state index is -0.289. The average molecular weight is 291 g/mol. The molecule has 0 aromatic heterocycles. The summed E-state index contributed by atoms with van der Waals surface area (Å²) in [6, 6.07) is 5.50. The number of ether oxygens (including phenoxy) is 2. The van der Waals surface area contributed by atoms with Crippen molar-refractivity contribution in [1.29, 1.82) is 0 Å². The Morgan fingerprint density at radius 2 is 1.86 bits per heavy atom. The molecular formula is C17H25NO3. The van der Waals surface area contributed by atoms with Crippen LogP contribution < -0.4 is 10.5 Å². The molecule has 1 aliphatic rings. The lowest BCUT2D eigenvalue weighted by molar-refractivity contribution is -0.144. The molecule has 21 heavy (non-hydrogen) atoms. The van der Waals surface area contributed by atoms with Gasteiger partial charge in [0, 0.05) is 5.69 Å². The molecule has 2 N–H and O–H groups in total. The van der Waals surface area contributed by atoms with Gasteiger partial charge in [-0.3, -0.25) is 4.79 Å². The van der Waals surface area contributed by atoms with Crippen LogP contribution in [0.3, 0.4) is 0 Å². The highest BCUT2D eigenvalue weighted by atomic mass is 16.5. The van der Waals surface area contributed by atoms with E-state index < -0.39 is 0 Å². The molecule has 116 valence electrons. The quantitative estimate of drug-likeness (QED) is 0.524. The number of carbonyl (C=O) groups excluding carboxylic acids is 1. The fourth-order valence-corrected chi connectivity index (χ4v) is 3.29. The van der Waals surface area contributed by atoms with Crippen LogP contribution in [0.15, 0.2) is 18.2 Å². The molecule has 1 saturated carbocycles. The first-order valence-corrected chi connectivity index (χ1v) is 7.68. The summed E-state index contributed by atoms with van der Waals surface area (Å²) in [5.41, 5.74) is 7.60. The third-order valence-corrected chi connectivity index (χ3v) is 4.46. The van der Waals surface area contributed by atoms with Crippen molar-refractivity contribution < 1.29 is 14.3 Å². The van der Waals surface area contributed by atoms with Crippen LogP contribution in [0.5, 0.6) is 5.75 Å². The fourth-order valence-electron chi connectivity index (χ4n) is 3.29. The highest BCUT2D eigenvalue weighted by molar-refractivity contribution is 5.81. The summed E-state index contributed by atoms with van der Waals surface area (Å²) < 4.78 is 10.3. The van der Waals surface area contributed by atoms with Crippen molar-refractivity contribution >= 4 is 11.7 Å². The first-order valence-electron chi connectivity index (χ1n) is 7.68. The van der Waals surface area contributed by atoms with E-state index in [2.05, 4.69) is 0 Å². The van der Waals surface area contributed by atoms with Gasteiger partial charge in [-0.2, -0.15) is 0 Å². The minimum absolute atomic E-state index is 0.193. The highest BCUT2D eigenvalue weighted by Crippen LogP contribution is 2.39. The predicted molar refractivity (Wildman–Crippen MR) is 83.4 cm³/mol. The van der Waals surface area contributed by atoms with Gasteiger partial charge >= 0.3 is 5.97 Å². The molecule has 0 aliphatic heterocycles. The summed E-state index contributed by atoms with van der Waals surface area (Å²) in [6.07, 6.45) is 6.94. The van der Waals surface area contributed by atoms with Crippen molar-refractivity contribution in [2.75, 3.05) is 20.0 Å². The van der Waals surface area contributed by atoms with Gasteiger partial charge < -0.3 is 15.2 Å². The summed E-state index contributed by atoms with van der Waals surface area (Å²) >= 11 is 0. The molecule has 4 heteroatoms. The van der Waals surface area contributed by atoms with E-state index in [-0.39, 0.29) is 11.9 Å². The van der Waals surface area contributed by atoms with Crippen LogP contribution in [0.25, 0.3) is 0 Å². The van der Waals surface area contributed by atoms with Crippen LogP contribution in [-0.4, -0.2) is 20.2 Å². The standard InChI is InChI=1S/C17H25NO3/c1-20-13-9-10-15(18)14(11-13)16(17(19)21-2)12-7-5-3-4-6-8-12/h9-12,16H,3-8,18H2,1-2H3. The van der Waals surface area contributed by atoms with E-state index in [1.54, 1.807) is 13.2 Å². The number of anilines is 1. The number of hydrogen-bond donors (Lipinski definition) is 1. The zero-order valence-electron chi connectivity index (χ0n) is 12.9. The second kappa shape index (κ2) is 7.34. The molecule has 1 aliphatic carbocycles. The topological polar surface area (TPSA) is 61.5 Å². The van der Waals surface area contributed by atoms with Gasteiger partial charge in [-0.1, -0.05) is 25.7 Å². The lowest BCUT2D eigenvalue weighted by atomic mass is 9.80. The van der Waals surface area contributed by atoms with Crippen molar-refractivity contribution in [2.45, 2.75) is 44.4 Å². The van der Waals surface area contributed by atoms with Crippen molar-refractivity contribution in [1.82, 2.24) is 0 Å². The molecular weight excluding hydrogens is 266 g/mol. The maximum absolute atomic E-state index is 12.4. The number of carbonyl (C=O) groups is 1. The Hall–Kier alpha value is -1.71. The van der Waals surface area contributed by atoms with E-state index in [9.17, 15) is 4.79 Å². The lowest BCUT2D eigenvalue weighted by Gasteiger charge is -2.25.